The molecule has 1 atom stereocenters. The van der Waals surface area contributed by atoms with Gasteiger partial charge in [-0.25, -0.2) is 5.43 Å². The summed E-state index contributed by atoms with van der Waals surface area (Å²) >= 11 is 5.77. The lowest BCUT2D eigenvalue weighted by molar-refractivity contribution is 0.281. The van der Waals surface area contributed by atoms with Crippen molar-refractivity contribution in [1.82, 2.24) is 5.43 Å². The van der Waals surface area contributed by atoms with E-state index >= 15 is 0 Å². The fraction of sp³-hybridized carbons (Fsp3) is 0.667. The van der Waals surface area contributed by atoms with Gasteiger partial charge in [-0.3, -0.25) is 5.84 Å². The lowest BCUT2D eigenvalue weighted by Crippen LogP contribution is -2.29. The van der Waals surface area contributed by atoms with Gasteiger partial charge >= 0.3 is 0 Å². The zero-order valence-electron chi connectivity index (χ0n) is 9.42. The Hall–Kier alpha value is -0.510. The third kappa shape index (κ3) is 3.00. The quantitative estimate of drug-likeness (QED) is 0.629. The molecule has 1 aliphatic carbocycles. The average molecular weight is 243 g/mol. The van der Waals surface area contributed by atoms with Crippen molar-refractivity contribution in [2.75, 3.05) is 0 Å². The Morgan fingerprint density at radius 1 is 1.38 bits per heavy atom. The van der Waals surface area contributed by atoms with Crippen LogP contribution >= 0.6 is 11.6 Å². The van der Waals surface area contributed by atoms with Crippen LogP contribution in [0.2, 0.25) is 5.22 Å². The molecule has 0 aromatic carbocycles. The summed E-state index contributed by atoms with van der Waals surface area (Å²) in [5.74, 6) is 7.19. The van der Waals surface area contributed by atoms with E-state index in [-0.39, 0.29) is 6.04 Å². The number of hydrazine groups is 1. The van der Waals surface area contributed by atoms with Crippen LogP contribution in [-0.2, 0) is 0 Å². The van der Waals surface area contributed by atoms with Crippen molar-refractivity contribution >= 4 is 11.6 Å². The first kappa shape index (κ1) is 12.0. The van der Waals surface area contributed by atoms with E-state index < -0.39 is 0 Å². The van der Waals surface area contributed by atoms with Crippen molar-refractivity contribution in [3.05, 3.63) is 23.1 Å². The predicted molar refractivity (Wildman–Crippen MR) is 65.0 cm³/mol. The first-order valence-corrected chi connectivity index (χ1v) is 6.38. The van der Waals surface area contributed by atoms with Gasteiger partial charge in [0.15, 0.2) is 5.22 Å². The van der Waals surface area contributed by atoms with Crippen LogP contribution in [0, 0.1) is 5.92 Å². The number of rotatable bonds is 4. The molecule has 0 radical (unpaired) electrons. The Balaban J connectivity index is 1.94. The fourth-order valence-corrected chi connectivity index (χ4v) is 2.69. The van der Waals surface area contributed by atoms with Crippen LogP contribution in [0.15, 0.2) is 16.5 Å². The van der Waals surface area contributed by atoms with Crippen LogP contribution in [0.25, 0.3) is 0 Å². The lowest BCUT2D eigenvalue weighted by atomic mass is 9.84. The molecule has 0 saturated heterocycles. The van der Waals surface area contributed by atoms with Gasteiger partial charge in [-0.2, -0.15) is 0 Å². The topological polar surface area (TPSA) is 51.2 Å². The van der Waals surface area contributed by atoms with E-state index in [0.717, 1.165) is 18.1 Å². The third-order valence-electron chi connectivity index (χ3n) is 3.43. The van der Waals surface area contributed by atoms with Gasteiger partial charge in [-0.05, 0) is 36.1 Å². The van der Waals surface area contributed by atoms with Gasteiger partial charge < -0.3 is 4.42 Å². The first-order chi connectivity index (χ1) is 7.79. The van der Waals surface area contributed by atoms with E-state index in [9.17, 15) is 0 Å². The smallest absolute Gasteiger partial charge is 0.193 e. The van der Waals surface area contributed by atoms with Gasteiger partial charge in [0, 0.05) is 0 Å². The molecule has 1 heterocycles. The molecule has 0 spiro atoms. The molecule has 16 heavy (non-hydrogen) atoms. The highest BCUT2D eigenvalue weighted by Crippen LogP contribution is 2.32. The second-order valence-corrected chi connectivity index (χ2v) is 4.97. The number of furan rings is 1. The second kappa shape index (κ2) is 5.71. The summed E-state index contributed by atoms with van der Waals surface area (Å²) in [6.07, 6.45) is 7.74. The molecular weight excluding hydrogens is 224 g/mol. The number of hydrogen-bond donors (Lipinski definition) is 2. The Morgan fingerprint density at radius 2 is 2.12 bits per heavy atom. The van der Waals surface area contributed by atoms with Crippen molar-refractivity contribution in [3.63, 3.8) is 0 Å². The van der Waals surface area contributed by atoms with Gasteiger partial charge in [-0.1, -0.05) is 32.1 Å². The zero-order valence-corrected chi connectivity index (χ0v) is 10.2. The molecule has 1 aromatic heterocycles. The lowest BCUT2D eigenvalue weighted by Gasteiger charge is -2.25. The van der Waals surface area contributed by atoms with Crippen LogP contribution < -0.4 is 11.3 Å². The van der Waals surface area contributed by atoms with E-state index in [1.807, 2.05) is 6.07 Å². The highest BCUT2D eigenvalue weighted by atomic mass is 35.5. The molecule has 0 aliphatic heterocycles. The van der Waals surface area contributed by atoms with Crippen LogP contribution in [0.3, 0.4) is 0 Å². The van der Waals surface area contributed by atoms with Crippen molar-refractivity contribution in [3.8, 4) is 0 Å². The zero-order chi connectivity index (χ0) is 11.4. The number of halogens is 1. The van der Waals surface area contributed by atoms with Crippen LogP contribution in [0.1, 0.15) is 50.3 Å². The summed E-state index contributed by atoms with van der Waals surface area (Å²) in [7, 11) is 0. The Kier molecular flexibility index (Phi) is 4.27. The maximum Gasteiger partial charge on any atom is 0.193 e. The SMILES string of the molecule is NNC(CC1CCCCC1)c1ccc(Cl)o1. The molecule has 0 bridgehead atoms. The van der Waals surface area contributed by atoms with E-state index in [1.54, 1.807) is 6.07 Å². The first-order valence-electron chi connectivity index (χ1n) is 6.01. The summed E-state index contributed by atoms with van der Waals surface area (Å²) < 4.78 is 5.40. The molecule has 1 aliphatic rings. The minimum absolute atomic E-state index is 0.0931. The molecule has 1 saturated carbocycles. The van der Waals surface area contributed by atoms with Crippen molar-refractivity contribution < 1.29 is 4.42 Å². The minimum atomic E-state index is 0.0931. The van der Waals surface area contributed by atoms with E-state index in [0.29, 0.717) is 5.22 Å². The maximum atomic E-state index is 5.77. The van der Waals surface area contributed by atoms with Crippen LogP contribution in [0.5, 0.6) is 0 Å². The number of nitrogens with one attached hydrogen (secondary N) is 1. The molecule has 90 valence electrons. The second-order valence-electron chi connectivity index (χ2n) is 4.60. The molecule has 0 amide bonds. The molecule has 3 nitrogen and oxygen atoms in total. The molecule has 1 aromatic rings. The Morgan fingerprint density at radius 3 is 2.69 bits per heavy atom. The minimum Gasteiger partial charge on any atom is -0.448 e. The van der Waals surface area contributed by atoms with Gasteiger partial charge in [-0.15, -0.1) is 0 Å². The average Bonchev–Trinajstić information content (AvgIpc) is 2.74. The highest BCUT2D eigenvalue weighted by Gasteiger charge is 2.21. The van der Waals surface area contributed by atoms with Gasteiger partial charge in [0.25, 0.3) is 0 Å². The predicted octanol–water partition coefficient (Wildman–Crippen LogP) is 3.41. The molecular formula is C12H19ClN2O. The normalized spacial score (nSPS) is 19.9. The molecule has 3 N–H and O–H groups in total. The summed E-state index contributed by atoms with van der Waals surface area (Å²) in [6, 6.07) is 3.76. The third-order valence-corrected chi connectivity index (χ3v) is 3.64. The summed E-state index contributed by atoms with van der Waals surface area (Å²) in [5, 5.41) is 0.430. The van der Waals surface area contributed by atoms with E-state index in [2.05, 4.69) is 5.43 Å². The summed E-state index contributed by atoms with van der Waals surface area (Å²) in [5.41, 5.74) is 2.83. The van der Waals surface area contributed by atoms with Crippen molar-refractivity contribution in [2.45, 2.75) is 44.6 Å². The molecule has 1 fully saturated rings. The van der Waals surface area contributed by atoms with Crippen molar-refractivity contribution in [2.24, 2.45) is 11.8 Å². The molecule has 4 heteroatoms. The largest absolute Gasteiger partial charge is 0.448 e. The van der Waals surface area contributed by atoms with Crippen LogP contribution in [-0.4, -0.2) is 0 Å². The molecule has 1 unspecified atom stereocenters. The highest BCUT2D eigenvalue weighted by molar-refractivity contribution is 6.28. The summed E-state index contributed by atoms with van der Waals surface area (Å²) in [4.78, 5) is 0. The fourth-order valence-electron chi connectivity index (χ4n) is 2.54. The van der Waals surface area contributed by atoms with Crippen molar-refractivity contribution in [1.29, 1.82) is 0 Å². The van der Waals surface area contributed by atoms with Gasteiger partial charge in [0.2, 0.25) is 0 Å². The number of nitrogens with two attached hydrogens (primary N) is 1. The van der Waals surface area contributed by atoms with Gasteiger partial charge in [0.1, 0.15) is 5.76 Å². The summed E-state index contributed by atoms with van der Waals surface area (Å²) in [6.45, 7) is 0. The monoisotopic (exact) mass is 242 g/mol. The van der Waals surface area contributed by atoms with E-state index in [1.165, 1.54) is 32.1 Å². The Bertz CT molecular complexity index is 321. The van der Waals surface area contributed by atoms with Crippen LogP contribution in [0.4, 0.5) is 0 Å². The maximum absolute atomic E-state index is 5.77. The van der Waals surface area contributed by atoms with Gasteiger partial charge in [0.05, 0.1) is 6.04 Å². The number of hydrogen-bond acceptors (Lipinski definition) is 3. The standard InChI is InChI=1S/C12H19ClN2O/c13-12-7-6-11(16-12)10(15-14)8-9-4-2-1-3-5-9/h6-7,9-10,15H,1-5,8,14H2. The molecule has 2 rings (SSSR count). The Labute approximate surface area is 101 Å². The van der Waals surface area contributed by atoms with E-state index in [4.69, 9.17) is 21.9 Å².